The van der Waals surface area contributed by atoms with E-state index in [1.807, 2.05) is 11.6 Å². The van der Waals surface area contributed by atoms with Crippen LogP contribution in [0.4, 0.5) is 13.2 Å². The van der Waals surface area contributed by atoms with Crippen molar-refractivity contribution in [3.05, 3.63) is 11.6 Å². The van der Waals surface area contributed by atoms with Gasteiger partial charge in [0.1, 0.15) is 11.6 Å². The maximum absolute atomic E-state index is 13.1. The van der Waals surface area contributed by atoms with Crippen molar-refractivity contribution < 1.29 is 13.2 Å². The van der Waals surface area contributed by atoms with Crippen molar-refractivity contribution in [2.24, 2.45) is 13.0 Å². The fourth-order valence-electron chi connectivity index (χ4n) is 3.54. The number of alkyl halides is 3. The minimum atomic E-state index is -4.12. The Hall–Kier alpha value is -1.11. The third-order valence-electron chi connectivity index (χ3n) is 5.18. The standard InChI is InChI=1S/C15H23F3N4/c1-22-13(20-21-14(22)10-5-4-6-10)9-19-12-8-3-2-7-11(12)15(16,17)18/h10-12,19H,2-9H2,1H3/t11-,12+/m1/s1. The molecule has 1 heterocycles. The highest BCUT2D eigenvalue weighted by molar-refractivity contribution is 5.05. The normalized spacial score (nSPS) is 26.9. The molecule has 1 aromatic heterocycles. The first-order valence-corrected chi connectivity index (χ1v) is 8.15. The van der Waals surface area contributed by atoms with E-state index in [9.17, 15) is 13.2 Å². The van der Waals surface area contributed by atoms with Crippen molar-refractivity contribution in [2.45, 2.75) is 69.6 Å². The van der Waals surface area contributed by atoms with Gasteiger partial charge in [0.05, 0.1) is 12.5 Å². The Balaban J connectivity index is 1.62. The number of halogens is 3. The highest BCUT2D eigenvalue weighted by atomic mass is 19.4. The van der Waals surface area contributed by atoms with E-state index in [-0.39, 0.29) is 6.42 Å². The molecule has 4 nitrogen and oxygen atoms in total. The summed E-state index contributed by atoms with van der Waals surface area (Å²) in [7, 11) is 1.91. The molecule has 2 fully saturated rings. The van der Waals surface area contributed by atoms with Crippen LogP contribution in [0.5, 0.6) is 0 Å². The zero-order chi connectivity index (χ0) is 15.7. The molecule has 0 saturated heterocycles. The van der Waals surface area contributed by atoms with E-state index < -0.39 is 18.1 Å². The highest BCUT2D eigenvalue weighted by Crippen LogP contribution is 2.38. The van der Waals surface area contributed by atoms with E-state index in [2.05, 4.69) is 15.5 Å². The van der Waals surface area contributed by atoms with E-state index >= 15 is 0 Å². The maximum atomic E-state index is 13.1. The minimum Gasteiger partial charge on any atom is -0.317 e. The van der Waals surface area contributed by atoms with Crippen LogP contribution >= 0.6 is 0 Å². The SMILES string of the molecule is Cn1c(CN[C@H]2CCCC[C@H]2C(F)(F)F)nnc1C1CCC1. The lowest BCUT2D eigenvalue weighted by molar-refractivity contribution is -0.189. The summed E-state index contributed by atoms with van der Waals surface area (Å²) in [5.74, 6) is 0.942. The lowest BCUT2D eigenvalue weighted by Crippen LogP contribution is -2.45. The van der Waals surface area contributed by atoms with Crippen molar-refractivity contribution >= 4 is 0 Å². The molecule has 0 bridgehead atoms. The second kappa shape index (κ2) is 6.18. The molecule has 2 aliphatic carbocycles. The smallest absolute Gasteiger partial charge is 0.317 e. The summed E-state index contributed by atoms with van der Waals surface area (Å²) in [6, 6.07) is -0.502. The second-order valence-corrected chi connectivity index (χ2v) is 6.58. The molecule has 0 aromatic carbocycles. The molecule has 2 aliphatic rings. The van der Waals surface area contributed by atoms with Gasteiger partial charge in [0.25, 0.3) is 0 Å². The lowest BCUT2D eigenvalue weighted by atomic mass is 9.84. The van der Waals surface area contributed by atoms with Gasteiger partial charge in [-0.3, -0.25) is 0 Å². The zero-order valence-electron chi connectivity index (χ0n) is 12.9. The Morgan fingerprint density at radius 1 is 1.09 bits per heavy atom. The fourth-order valence-corrected chi connectivity index (χ4v) is 3.54. The molecular weight excluding hydrogens is 293 g/mol. The molecule has 2 saturated carbocycles. The Morgan fingerprint density at radius 3 is 2.45 bits per heavy atom. The number of nitrogens with zero attached hydrogens (tertiary/aromatic N) is 3. The third kappa shape index (κ3) is 3.14. The van der Waals surface area contributed by atoms with Gasteiger partial charge in [-0.05, 0) is 25.7 Å². The number of rotatable bonds is 4. The molecule has 0 spiro atoms. The van der Waals surface area contributed by atoms with Crippen molar-refractivity contribution in [3.8, 4) is 0 Å². The molecular formula is C15H23F3N4. The molecule has 0 radical (unpaired) electrons. The predicted molar refractivity (Wildman–Crippen MR) is 76.2 cm³/mol. The summed E-state index contributed by atoms with van der Waals surface area (Å²) in [6.07, 6.45) is 1.71. The fraction of sp³-hybridized carbons (Fsp3) is 0.867. The van der Waals surface area contributed by atoms with E-state index in [1.165, 1.54) is 6.42 Å². The number of hydrogen-bond acceptors (Lipinski definition) is 3. The van der Waals surface area contributed by atoms with Crippen molar-refractivity contribution in [1.82, 2.24) is 20.1 Å². The molecule has 1 N–H and O–H groups in total. The number of hydrogen-bond donors (Lipinski definition) is 1. The number of aromatic nitrogens is 3. The van der Waals surface area contributed by atoms with Crippen LogP contribution in [-0.4, -0.2) is 27.0 Å². The van der Waals surface area contributed by atoms with Gasteiger partial charge in [-0.25, -0.2) is 0 Å². The molecule has 0 aliphatic heterocycles. The van der Waals surface area contributed by atoms with Crippen LogP contribution in [0.15, 0.2) is 0 Å². The highest BCUT2D eigenvalue weighted by Gasteiger charge is 2.45. The predicted octanol–water partition coefficient (Wildman–Crippen LogP) is 3.29. The van der Waals surface area contributed by atoms with E-state index in [1.54, 1.807) is 0 Å². The van der Waals surface area contributed by atoms with Gasteiger partial charge in [-0.15, -0.1) is 10.2 Å². The van der Waals surface area contributed by atoms with Crippen molar-refractivity contribution in [1.29, 1.82) is 0 Å². The first-order valence-electron chi connectivity index (χ1n) is 8.15. The Kier molecular flexibility index (Phi) is 4.43. The van der Waals surface area contributed by atoms with E-state index in [4.69, 9.17) is 0 Å². The van der Waals surface area contributed by atoms with E-state index in [0.29, 0.717) is 25.3 Å². The van der Waals surface area contributed by atoms with Crippen LogP contribution in [0, 0.1) is 5.92 Å². The summed E-state index contributed by atoms with van der Waals surface area (Å²) in [5.41, 5.74) is 0. The molecule has 0 amide bonds. The van der Waals surface area contributed by atoms with E-state index in [0.717, 1.165) is 30.9 Å². The Bertz CT molecular complexity index is 507. The summed E-state index contributed by atoms with van der Waals surface area (Å²) < 4.78 is 41.2. The first-order chi connectivity index (χ1) is 10.5. The molecule has 7 heteroatoms. The van der Waals surface area contributed by atoms with Gasteiger partial charge in [0, 0.05) is 19.0 Å². The summed E-state index contributed by atoms with van der Waals surface area (Å²) in [5, 5.41) is 11.5. The molecule has 1 aromatic rings. The van der Waals surface area contributed by atoms with Gasteiger partial charge in [-0.2, -0.15) is 13.2 Å². The summed E-state index contributed by atoms with van der Waals surface area (Å²) in [4.78, 5) is 0. The number of nitrogens with one attached hydrogen (secondary N) is 1. The van der Waals surface area contributed by atoms with Crippen LogP contribution in [0.2, 0.25) is 0 Å². The minimum absolute atomic E-state index is 0.229. The van der Waals surface area contributed by atoms with Crippen LogP contribution in [0.25, 0.3) is 0 Å². The molecule has 2 atom stereocenters. The van der Waals surface area contributed by atoms with Crippen molar-refractivity contribution in [3.63, 3.8) is 0 Å². The van der Waals surface area contributed by atoms with Gasteiger partial charge in [-0.1, -0.05) is 19.3 Å². The molecule has 124 valence electrons. The Morgan fingerprint density at radius 2 is 1.82 bits per heavy atom. The Labute approximate surface area is 128 Å². The largest absolute Gasteiger partial charge is 0.393 e. The van der Waals surface area contributed by atoms with Gasteiger partial charge in [0.2, 0.25) is 0 Å². The molecule has 22 heavy (non-hydrogen) atoms. The van der Waals surface area contributed by atoms with Crippen LogP contribution in [0.3, 0.4) is 0 Å². The summed E-state index contributed by atoms with van der Waals surface area (Å²) >= 11 is 0. The maximum Gasteiger partial charge on any atom is 0.393 e. The average molecular weight is 316 g/mol. The third-order valence-corrected chi connectivity index (χ3v) is 5.18. The molecule has 3 rings (SSSR count). The van der Waals surface area contributed by atoms with Crippen molar-refractivity contribution in [2.75, 3.05) is 0 Å². The monoisotopic (exact) mass is 316 g/mol. The molecule has 0 unspecified atom stereocenters. The van der Waals surface area contributed by atoms with Gasteiger partial charge < -0.3 is 9.88 Å². The first kappa shape index (κ1) is 15.8. The van der Waals surface area contributed by atoms with Crippen LogP contribution in [-0.2, 0) is 13.6 Å². The van der Waals surface area contributed by atoms with Crippen LogP contribution < -0.4 is 5.32 Å². The van der Waals surface area contributed by atoms with Crippen LogP contribution in [0.1, 0.15) is 62.5 Å². The lowest BCUT2D eigenvalue weighted by Gasteiger charge is -2.33. The topological polar surface area (TPSA) is 42.7 Å². The average Bonchev–Trinajstić information content (AvgIpc) is 2.76. The van der Waals surface area contributed by atoms with Gasteiger partial charge >= 0.3 is 6.18 Å². The quantitative estimate of drug-likeness (QED) is 0.927. The zero-order valence-corrected chi connectivity index (χ0v) is 12.9. The summed E-state index contributed by atoms with van der Waals surface area (Å²) in [6.45, 7) is 0.355. The van der Waals surface area contributed by atoms with Gasteiger partial charge in [0.15, 0.2) is 0 Å². The second-order valence-electron chi connectivity index (χ2n) is 6.58.